The summed E-state index contributed by atoms with van der Waals surface area (Å²) in [6.07, 6.45) is 1.34. The summed E-state index contributed by atoms with van der Waals surface area (Å²) in [6, 6.07) is 10.3. The number of carbonyl (C=O) groups excluding carboxylic acids is 1. The fourth-order valence-electron chi connectivity index (χ4n) is 1.94. The van der Waals surface area contributed by atoms with Crippen molar-refractivity contribution in [3.8, 4) is 5.69 Å². The lowest BCUT2D eigenvalue weighted by molar-refractivity contribution is 0.0593. The minimum Gasteiger partial charge on any atom is -0.464 e. The molecule has 0 bridgehead atoms. The van der Waals surface area contributed by atoms with Crippen molar-refractivity contribution in [1.82, 2.24) is 9.78 Å². The highest BCUT2D eigenvalue weighted by atomic mass is 16.5. The number of carbonyl (C=O) groups is 1. The lowest BCUT2D eigenvalue weighted by Gasteiger charge is -2.06. The Hall–Kier alpha value is -2.89. The van der Waals surface area contributed by atoms with E-state index in [9.17, 15) is 9.59 Å². The molecule has 1 aromatic carbocycles. The van der Waals surface area contributed by atoms with E-state index in [-0.39, 0.29) is 22.2 Å². The van der Waals surface area contributed by atoms with Crippen LogP contribution in [0.4, 0.5) is 0 Å². The molecule has 0 amide bonds. The molecule has 6 nitrogen and oxygen atoms in total. The van der Waals surface area contributed by atoms with Crippen LogP contribution in [-0.4, -0.2) is 22.9 Å². The molecule has 0 saturated heterocycles. The topological polar surface area (TPSA) is 74.3 Å². The Kier molecular flexibility index (Phi) is 2.83. The van der Waals surface area contributed by atoms with Crippen LogP contribution in [0, 0.1) is 0 Å². The standard InChI is InChI=1S/C14H10N2O4/c1-19-14(18)11-12-10(7-8-20-12)13(17)16(15-11)9-5-3-2-4-6-9/h2-8H,1H3. The van der Waals surface area contributed by atoms with Gasteiger partial charge in [0.2, 0.25) is 5.69 Å². The molecule has 3 aromatic rings. The zero-order chi connectivity index (χ0) is 14.1. The summed E-state index contributed by atoms with van der Waals surface area (Å²) < 4.78 is 11.0. The van der Waals surface area contributed by atoms with E-state index in [1.54, 1.807) is 24.3 Å². The van der Waals surface area contributed by atoms with Gasteiger partial charge in [0.1, 0.15) is 0 Å². The second-order valence-electron chi connectivity index (χ2n) is 4.06. The molecule has 0 aliphatic carbocycles. The van der Waals surface area contributed by atoms with Crippen molar-refractivity contribution in [2.45, 2.75) is 0 Å². The number of ether oxygens (including phenoxy) is 1. The number of furan rings is 1. The van der Waals surface area contributed by atoms with Crippen molar-refractivity contribution in [3.05, 3.63) is 58.7 Å². The average Bonchev–Trinajstić information content (AvgIpc) is 2.98. The molecule has 0 saturated carbocycles. The van der Waals surface area contributed by atoms with Crippen LogP contribution in [0.25, 0.3) is 16.7 Å². The van der Waals surface area contributed by atoms with Gasteiger partial charge in [0.05, 0.1) is 24.4 Å². The van der Waals surface area contributed by atoms with E-state index in [2.05, 4.69) is 9.84 Å². The van der Waals surface area contributed by atoms with Gasteiger partial charge in [-0.2, -0.15) is 9.78 Å². The fraction of sp³-hybridized carbons (Fsp3) is 0.0714. The van der Waals surface area contributed by atoms with Gasteiger partial charge in [0.25, 0.3) is 5.56 Å². The molecule has 0 unspecified atom stereocenters. The molecule has 2 heterocycles. The van der Waals surface area contributed by atoms with Gasteiger partial charge in [-0.25, -0.2) is 4.79 Å². The van der Waals surface area contributed by atoms with E-state index >= 15 is 0 Å². The van der Waals surface area contributed by atoms with Crippen LogP contribution in [0.1, 0.15) is 10.5 Å². The Balaban J connectivity index is 2.36. The number of rotatable bonds is 2. The molecule has 100 valence electrons. The summed E-state index contributed by atoms with van der Waals surface area (Å²) in [4.78, 5) is 24.1. The number of fused-ring (bicyclic) bond motifs is 1. The van der Waals surface area contributed by atoms with E-state index in [0.29, 0.717) is 5.69 Å². The predicted octanol–water partition coefficient (Wildman–Crippen LogP) is 1.77. The summed E-state index contributed by atoms with van der Waals surface area (Å²) in [5.74, 6) is -0.658. The molecule has 0 aliphatic rings. The number of benzene rings is 1. The Morgan fingerprint density at radius 1 is 1.25 bits per heavy atom. The van der Waals surface area contributed by atoms with E-state index in [4.69, 9.17) is 4.42 Å². The summed E-state index contributed by atoms with van der Waals surface area (Å²) in [6.45, 7) is 0. The van der Waals surface area contributed by atoms with Crippen molar-refractivity contribution in [3.63, 3.8) is 0 Å². The zero-order valence-corrected chi connectivity index (χ0v) is 10.6. The second-order valence-corrected chi connectivity index (χ2v) is 4.06. The highest BCUT2D eigenvalue weighted by Gasteiger charge is 2.20. The second kappa shape index (κ2) is 4.65. The van der Waals surface area contributed by atoms with Crippen LogP contribution in [0.15, 0.2) is 51.9 Å². The van der Waals surface area contributed by atoms with E-state index in [1.165, 1.54) is 19.4 Å². The predicted molar refractivity (Wildman–Crippen MR) is 70.9 cm³/mol. The van der Waals surface area contributed by atoms with Gasteiger partial charge in [-0.05, 0) is 18.2 Å². The molecule has 2 aromatic heterocycles. The lowest BCUT2D eigenvalue weighted by Crippen LogP contribution is -2.24. The summed E-state index contributed by atoms with van der Waals surface area (Å²) >= 11 is 0. The van der Waals surface area contributed by atoms with Crippen LogP contribution in [-0.2, 0) is 4.74 Å². The number of methoxy groups -OCH3 is 1. The Bertz CT molecular complexity index is 833. The Morgan fingerprint density at radius 3 is 2.70 bits per heavy atom. The van der Waals surface area contributed by atoms with E-state index in [1.807, 2.05) is 6.07 Å². The van der Waals surface area contributed by atoms with Gasteiger partial charge in [-0.1, -0.05) is 18.2 Å². The molecular formula is C14H10N2O4. The molecule has 0 spiro atoms. The average molecular weight is 270 g/mol. The third kappa shape index (κ3) is 1.78. The maximum absolute atomic E-state index is 12.3. The molecule has 0 atom stereocenters. The van der Waals surface area contributed by atoms with Crippen LogP contribution in [0.5, 0.6) is 0 Å². The SMILES string of the molecule is COC(=O)c1nn(-c2ccccc2)c(=O)c2ccoc12. The number of nitrogens with zero attached hydrogens (tertiary/aromatic N) is 2. The molecular weight excluding hydrogens is 260 g/mol. The minimum absolute atomic E-state index is 0.0315. The Morgan fingerprint density at radius 2 is 2.00 bits per heavy atom. The number of para-hydroxylation sites is 1. The van der Waals surface area contributed by atoms with Crippen LogP contribution < -0.4 is 5.56 Å². The van der Waals surface area contributed by atoms with Crippen LogP contribution in [0.3, 0.4) is 0 Å². The molecule has 0 aliphatic heterocycles. The van der Waals surface area contributed by atoms with Crippen molar-refractivity contribution in [2.24, 2.45) is 0 Å². The maximum Gasteiger partial charge on any atom is 0.362 e. The van der Waals surface area contributed by atoms with Gasteiger partial charge in [0, 0.05) is 0 Å². The number of hydrogen-bond acceptors (Lipinski definition) is 5. The molecule has 3 rings (SSSR count). The number of esters is 1. The monoisotopic (exact) mass is 270 g/mol. The van der Waals surface area contributed by atoms with Gasteiger partial charge in [-0.15, -0.1) is 0 Å². The lowest BCUT2D eigenvalue weighted by atomic mass is 10.2. The van der Waals surface area contributed by atoms with E-state index < -0.39 is 5.97 Å². The molecule has 0 fully saturated rings. The third-order valence-electron chi connectivity index (χ3n) is 2.88. The number of hydrogen-bond donors (Lipinski definition) is 0. The normalized spacial score (nSPS) is 10.7. The van der Waals surface area contributed by atoms with Gasteiger partial charge < -0.3 is 9.15 Å². The summed E-state index contributed by atoms with van der Waals surface area (Å²) in [5, 5.41) is 4.33. The zero-order valence-electron chi connectivity index (χ0n) is 10.6. The molecule has 6 heteroatoms. The van der Waals surface area contributed by atoms with Crippen LogP contribution >= 0.6 is 0 Å². The third-order valence-corrected chi connectivity index (χ3v) is 2.88. The van der Waals surface area contributed by atoms with E-state index in [0.717, 1.165) is 4.68 Å². The smallest absolute Gasteiger partial charge is 0.362 e. The Labute approximate surface area is 113 Å². The first-order chi connectivity index (χ1) is 9.72. The first-order valence-corrected chi connectivity index (χ1v) is 5.86. The quantitative estimate of drug-likeness (QED) is 0.663. The highest BCUT2D eigenvalue weighted by molar-refractivity contribution is 5.99. The first-order valence-electron chi connectivity index (χ1n) is 5.86. The van der Waals surface area contributed by atoms with Crippen molar-refractivity contribution in [2.75, 3.05) is 7.11 Å². The summed E-state index contributed by atoms with van der Waals surface area (Å²) in [7, 11) is 1.25. The highest BCUT2D eigenvalue weighted by Crippen LogP contribution is 2.16. The fourth-order valence-corrected chi connectivity index (χ4v) is 1.94. The van der Waals surface area contributed by atoms with Crippen molar-refractivity contribution < 1.29 is 13.9 Å². The van der Waals surface area contributed by atoms with Crippen molar-refractivity contribution >= 4 is 16.9 Å². The largest absolute Gasteiger partial charge is 0.464 e. The van der Waals surface area contributed by atoms with Gasteiger partial charge >= 0.3 is 5.97 Å². The molecule has 20 heavy (non-hydrogen) atoms. The van der Waals surface area contributed by atoms with Crippen molar-refractivity contribution in [1.29, 1.82) is 0 Å². The maximum atomic E-state index is 12.3. The summed E-state index contributed by atoms with van der Waals surface area (Å²) in [5.41, 5.74) is 0.309. The molecule has 0 N–H and O–H groups in total. The first kappa shape index (κ1) is 12.2. The number of aromatic nitrogens is 2. The molecule has 0 radical (unpaired) electrons. The van der Waals surface area contributed by atoms with Gasteiger partial charge in [-0.3, -0.25) is 4.79 Å². The minimum atomic E-state index is -0.658. The van der Waals surface area contributed by atoms with Gasteiger partial charge in [0.15, 0.2) is 5.58 Å². The van der Waals surface area contributed by atoms with Crippen LogP contribution in [0.2, 0.25) is 0 Å².